The first-order valence-electron chi connectivity index (χ1n) is 3.98. The summed E-state index contributed by atoms with van der Waals surface area (Å²) in [7, 11) is 0. The molecule has 0 atom stereocenters. The monoisotopic (exact) mass is 228 g/mol. The number of H-pyrrole nitrogens is 1. The number of aromatic nitrogens is 5. The summed E-state index contributed by atoms with van der Waals surface area (Å²) in [6, 6.07) is 0. The molecule has 8 heteroatoms. The van der Waals surface area contributed by atoms with E-state index in [-0.39, 0.29) is 0 Å². The van der Waals surface area contributed by atoms with Crippen LogP contribution in [-0.4, -0.2) is 31.7 Å². The van der Waals surface area contributed by atoms with Crippen molar-refractivity contribution in [3.63, 3.8) is 0 Å². The SMILES string of the molecule is S=c1[nH]nc(NCCn2ccnn2)s1. The third kappa shape index (κ3) is 2.36. The predicted octanol–water partition coefficient (Wildman–Crippen LogP) is 0.904. The largest absolute Gasteiger partial charge is 0.358 e. The topological polar surface area (TPSA) is 71.4 Å². The highest BCUT2D eigenvalue weighted by molar-refractivity contribution is 7.73. The van der Waals surface area contributed by atoms with Crippen LogP contribution in [0.1, 0.15) is 0 Å². The number of nitrogens with zero attached hydrogens (tertiary/aromatic N) is 4. The molecule has 2 aromatic heterocycles. The first-order chi connectivity index (χ1) is 6.84. The fraction of sp³-hybridized carbons (Fsp3) is 0.333. The summed E-state index contributed by atoms with van der Waals surface area (Å²) in [5, 5.41) is 18.1. The van der Waals surface area contributed by atoms with Crippen LogP contribution in [0.3, 0.4) is 0 Å². The molecule has 14 heavy (non-hydrogen) atoms. The summed E-state index contributed by atoms with van der Waals surface area (Å²) in [5.41, 5.74) is 0. The molecule has 2 heterocycles. The highest BCUT2D eigenvalue weighted by Crippen LogP contribution is 2.09. The van der Waals surface area contributed by atoms with Crippen LogP contribution in [-0.2, 0) is 6.54 Å². The van der Waals surface area contributed by atoms with Crippen LogP contribution < -0.4 is 5.32 Å². The van der Waals surface area contributed by atoms with Crippen molar-refractivity contribution in [2.75, 3.05) is 11.9 Å². The number of hydrogen-bond donors (Lipinski definition) is 2. The van der Waals surface area contributed by atoms with E-state index in [2.05, 4.69) is 25.8 Å². The molecule has 0 saturated heterocycles. The van der Waals surface area contributed by atoms with E-state index >= 15 is 0 Å². The zero-order valence-electron chi connectivity index (χ0n) is 7.17. The fourth-order valence-electron chi connectivity index (χ4n) is 0.935. The van der Waals surface area contributed by atoms with E-state index < -0.39 is 0 Å². The molecule has 0 bridgehead atoms. The van der Waals surface area contributed by atoms with Gasteiger partial charge in [-0.15, -0.1) is 10.2 Å². The lowest BCUT2D eigenvalue weighted by atomic mass is 10.6. The molecule has 6 nitrogen and oxygen atoms in total. The molecule has 0 saturated carbocycles. The summed E-state index contributed by atoms with van der Waals surface area (Å²) >= 11 is 6.31. The summed E-state index contributed by atoms with van der Waals surface area (Å²) in [4.78, 5) is 0. The molecule has 0 unspecified atom stereocenters. The average Bonchev–Trinajstić information content (AvgIpc) is 2.77. The summed E-state index contributed by atoms with van der Waals surface area (Å²) < 4.78 is 2.42. The van der Waals surface area contributed by atoms with Gasteiger partial charge in [0.15, 0.2) is 3.95 Å². The van der Waals surface area contributed by atoms with Crippen LogP contribution in [0.5, 0.6) is 0 Å². The van der Waals surface area contributed by atoms with Crippen molar-refractivity contribution < 1.29 is 0 Å². The van der Waals surface area contributed by atoms with Gasteiger partial charge in [-0.1, -0.05) is 16.6 Å². The van der Waals surface area contributed by atoms with E-state index in [1.54, 1.807) is 10.9 Å². The third-order valence-electron chi connectivity index (χ3n) is 1.53. The molecule has 0 aliphatic carbocycles. The Labute approximate surface area is 89.0 Å². The van der Waals surface area contributed by atoms with Crippen molar-refractivity contribution in [3.8, 4) is 0 Å². The molecule has 0 aliphatic rings. The van der Waals surface area contributed by atoms with E-state index in [0.29, 0.717) is 3.95 Å². The molecular weight excluding hydrogens is 220 g/mol. The Kier molecular flexibility index (Phi) is 2.84. The first kappa shape index (κ1) is 9.28. The molecule has 0 amide bonds. The molecule has 74 valence electrons. The van der Waals surface area contributed by atoms with Crippen LogP contribution in [0.25, 0.3) is 0 Å². The Morgan fingerprint density at radius 3 is 3.21 bits per heavy atom. The second kappa shape index (κ2) is 4.29. The lowest BCUT2D eigenvalue weighted by Gasteiger charge is -2.00. The van der Waals surface area contributed by atoms with E-state index in [1.165, 1.54) is 11.3 Å². The van der Waals surface area contributed by atoms with Gasteiger partial charge in [0.1, 0.15) is 0 Å². The van der Waals surface area contributed by atoms with Crippen molar-refractivity contribution in [2.45, 2.75) is 6.54 Å². The molecule has 0 fully saturated rings. The molecular formula is C6H8N6S2. The Bertz CT molecular complexity index is 429. The van der Waals surface area contributed by atoms with Crippen molar-refractivity contribution in [3.05, 3.63) is 16.3 Å². The number of rotatable bonds is 4. The maximum Gasteiger partial charge on any atom is 0.204 e. The average molecular weight is 228 g/mol. The van der Waals surface area contributed by atoms with Crippen LogP contribution in [0, 0.1) is 3.95 Å². The summed E-state index contributed by atoms with van der Waals surface area (Å²) in [5.74, 6) is 0. The second-order valence-corrected chi connectivity index (χ2v) is 4.18. The van der Waals surface area contributed by atoms with Gasteiger partial charge in [-0.05, 0) is 12.2 Å². The number of nitrogens with one attached hydrogen (secondary N) is 2. The Morgan fingerprint density at radius 2 is 2.57 bits per heavy atom. The van der Waals surface area contributed by atoms with Gasteiger partial charge >= 0.3 is 0 Å². The van der Waals surface area contributed by atoms with E-state index in [1.807, 2.05) is 6.20 Å². The van der Waals surface area contributed by atoms with Gasteiger partial charge < -0.3 is 5.32 Å². The molecule has 2 rings (SSSR count). The number of aromatic amines is 1. The van der Waals surface area contributed by atoms with Crippen LogP contribution in [0.15, 0.2) is 12.4 Å². The van der Waals surface area contributed by atoms with Gasteiger partial charge in [0.05, 0.1) is 12.7 Å². The van der Waals surface area contributed by atoms with E-state index in [0.717, 1.165) is 18.2 Å². The van der Waals surface area contributed by atoms with Gasteiger partial charge in [0, 0.05) is 12.7 Å². The highest BCUT2D eigenvalue weighted by Gasteiger charge is 1.96. The minimum atomic E-state index is 0.674. The molecule has 2 N–H and O–H groups in total. The molecule has 0 radical (unpaired) electrons. The van der Waals surface area contributed by atoms with Crippen LogP contribution >= 0.6 is 23.6 Å². The quantitative estimate of drug-likeness (QED) is 0.761. The Morgan fingerprint density at radius 1 is 1.64 bits per heavy atom. The van der Waals surface area contributed by atoms with E-state index in [4.69, 9.17) is 12.2 Å². The Hall–Kier alpha value is -1.28. The number of anilines is 1. The Balaban J connectivity index is 1.81. The molecule has 0 aromatic carbocycles. The standard InChI is InChI=1S/C6H8N6S2/c13-6-10-9-5(14-6)7-1-3-12-4-2-8-11-12/h2,4H,1,3H2,(H,7,9)(H,10,13). The lowest BCUT2D eigenvalue weighted by Crippen LogP contribution is -2.10. The van der Waals surface area contributed by atoms with Gasteiger partial charge in [0.2, 0.25) is 5.13 Å². The maximum atomic E-state index is 4.90. The highest BCUT2D eigenvalue weighted by atomic mass is 32.1. The van der Waals surface area contributed by atoms with Crippen molar-refractivity contribution in [1.82, 2.24) is 25.2 Å². The molecule has 0 spiro atoms. The summed E-state index contributed by atoms with van der Waals surface area (Å²) in [6.45, 7) is 1.51. The van der Waals surface area contributed by atoms with Crippen LogP contribution in [0.4, 0.5) is 5.13 Å². The van der Waals surface area contributed by atoms with Crippen molar-refractivity contribution >= 4 is 28.7 Å². The van der Waals surface area contributed by atoms with Crippen molar-refractivity contribution in [1.29, 1.82) is 0 Å². The third-order valence-corrected chi connectivity index (χ3v) is 2.57. The normalized spacial score (nSPS) is 10.3. The predicted molar refractivity (Wildman–Crippen MR) is 55.8 cm³/mol. The minimum Gasteiger partial charge on any atom is -0.358 e. The smallest absolute Gasteiger partial charge is 0.204 e. The lowest BCUT2D eigenvalue weighted by molar-refractivity contribution is 0.608. The maximum absolute atomic E-state index is 4.90. The second-order valence-electron chi connectivity index (χ2n) is 2.51. The fourth-order valence-corrected chi connectivity index (χ4v) is 1.75. The van der Waals surface area contributed by atoms with Gasteiger partial charge in [-0.2, -0.15) is 0 Å². The molecule has 2 aromatic rings. The van der Waals surface area contributed by atoms with E-state index in [9.17, 15) is 0 Å². The van der Waals surface area contributed by atoms with Crippen molar-refractivity contribution in [2.24, 2.45) is 0 Å². The molecule has 0 aliphatic heterocycles. The first-order valence-corrected chi connectivity index (χ1v) is 5.20. The van der Waals surface area contributed by atoms with Gasteiger partial charge in [-0.3, -0.25) is 9.78 Å². The zero-order chi connectivity index (χ0) is 9.80. The minimum absolute atomic E-state index is 0.674. The van der Waals surface area contributed by atoms with Gasteiger partial charge in [-0.25, -0.2) is 0 Å². The summed E-state index contributed by atoms with van der Waals surface area (Å²) in [6.07, 6.45) is 3.46. The zero-order valence-corrected chi connectivity index (χ0v) is 8.81. The number of hydrogen-bond acceptors (Lipinski definition) is 6. The van der Waals surface area contributed by atoms with Gasteiger partial charge in [0.25, 0.3) is 0 Å². The van der Waals surface area contributed by atoms with Crippen LogP contribution in [0.2, 0.25) is 0 Å².